The first-order valence-electron chi connectivity index (χ1n) is 8.14. The molecule has 0 N–H and O–H groups in total. The van der Waals surface area contributed by atoms with Gasteiger partial charge in [-0.3, -0.25) is 0 Å². The normalized spacial score (nSPS) is 11.6. The molecule has 0 aliphatic carbocycles. The molecule has 0 spiro atoms. The third-order valence-corrected chi connectivity index (χ3v) is 3.90. The minimum absolute atomic E-state index is 0.0151. The highest BCUT2D eigenvalue weighted by molar-refractivity contribution is 5.58. The number of alkyl halides is 5. The van der Waals surface area contributed by atoms with Gasteiger partial charge in [0.1, 0.15) is 11.6 Å². The van der Waals surface area contributed by atoms with Crippen molar-refractivity contribution in [1.82, 2.24) is 9.97 Å². The van der Waals surface area contributed by atoms with E-state index in [9.17, 15) is 26.3 Å². The number of aromatic nitrogens is 2. The van der Waals surface area contributed by atoms with E-state index in [2.05, 4.69) is 9.97 Å². The van der Waals surface area contributed by atoms with Crippen LogP contribution in [-0.4, -0.2) is 17.0 Å². The molecular formula is C19H13F6N3O. The van der Waals surface area contributed by atoms with E-state index >= 15 is 0 Å². The van der Waals surface area contributed by atoms with Gasteiger partial charge in [0.2, 0.25) is 11.8 Å². The maximum atomic E-state index is 13.5. The van der Waals surface area contributed by atoms with Crippen molar-refractivity contribution < 1.29 is 31.1 Å². The smallest absolute Gasteiger partial charge is 0.416 e. The number of anilines is 2. The molecule has 29 heavy (non-hydrogen) atoms. The molecule has 1 heterocycles. The Kier molecular flexibility index (Phi) is 5.62. The topological polar surface area (TPSA) is 38.2 Å². The lowest BCUT2D eigenvalue weighted by atomic mass is 10.2. The summed E-state index contributed by atoms with van der Waals surface area (Å²) in [5, 5.41) is 0. The summed E-state index contributed by atoms with van der Waals surface area (Å²) in [6.07, 6.45) is -6.24. The van der Waals surface area contributed by atoms with Crippen LogP contribution in [0.4, 0.5) is 38.0 Å². The fourth-order valence-corrected chi connectivity index (χ4v) is 2.43. The summed E-state index contributed by atoms with van der Waals surface area (Å²) in [5.41, 5.74) is -1.46. The maximum Gasteiger partial charge on any atom is 0.416 e. The van der Waals surface area contributed by atoms with Crippen molar-refractivity contribution in [2.45, 2.75) is 12.6 Å². The van der Waals surface area contributed by atoms with E-state index in [4.69, 9.17) is 4.74 Å². The Labute approximate surface area is 161 Å². The molecule has 0 amide bonds. The molecule has 2 aromatic carbocycles. The molecule has 0 fully saturated rings. The quantitative estimate of drug-likeness (QED) is 0.472. The lowest BCUT2D eigenvalue weighted by Crippen LogP contribution is -2.14. The third kappa shape index (κ3) is 4.76. The molecule has 4 nitrogen and oxygen atoms in total. The molecule has 0 aliphatic rings. The maximum absolute atomic E-state index is 13.5. The van der Waals surface area contributed by atoms with Crippen LogP contribution in [0.5, 0.6) is 11.6 Å². The fourth-order valence-electron chi connectivity index (χ4n) is 2.43. The lowest BCUT2D eigenvalue weighted by molar-refractivity contribution is -0.137. The predicted octanol–water partition coefficient (Wildman–Crippen LogP) is 6.13. The second-order valence-corrected chi connectivity index (χ2v) is 5.89. The van der Waals surface area contributed by atoms with Crippen LogP contribution < -0.4 is 9.64 Å². The van der Waals surface area contributed by atoms with Crippen LogP contribution in [0.15, 0.2) is 54.7 Å². The van der Waals surface area contributed by atoms with Crippen molar-refractivity contribution in [3.8, 4) is 11.6 Å². The van der Waals surface area contributed by atoms with Gasteiger partial charge in [0.25, 0.3) is 6.43 Å². The third-order valence-electron chi connectivity index (χ3n) is 3.90. The molecule has 152 valence electrons. The number of hydrogen-bond acceptors (Lipinski definition) is 4. The van der Waals surface area contributed by atoms with Gasteiger partial charge in [0.05, 0.1) is 11.1 Å². The van der Waals surface area contributed by atoms with Gasteiger partial charge in [0, 0.05) is 25.0 Å². The highest BCUT2D eigenvalue weighted by Crippen LogP contribution is 2.33. The first-order valence-corrected chi connectivity index (χ1v) is 8.14. The average Bonchev–Trinajstić information content (AvgIpc) is 2.67. The molecule has 0 bridgehead atoms. The van der Waals surface area contributed by atoms with E-state index in [1.807, 2.05) is 0 Å². The Hall–Kier alpha value is -3.30. The summed E-state index contributed by atoms with van der Waals surface area (Å²) in [6.45, 7) is 0. The Bertz CT molecular complexity index is 1010. The highest BCUT2D eigenvalue weighted by atomic mass is 19.4. The zero-order chi connectivity index (χ0) is 21.2. The summed E-state index contributed by atoms with van der Waals surface area (Å²) in [7, 11) is 1.46. The van der Waals surface area contributed by atoms with Crippen molar-refractivity contribution in [3.05, 3.63) is 71.7 Å². The average molecular weight is 413 g/mol. The van der Waals surface area contributed by atoms with Gasteiger partial charge in [-0.1, -0.05) is 6.07 Å². The second-order valence-electron chi connectivity index (χ2n) is 5.89. The molecule has 0 aliphatic heterocycles. The van der Waals surface area contributed by atoms with Crippen molar-refractivity contribution in [3.63, 3.8) is 0 Å². The van der Waals surface area contributed by atoms with Gasteiger partial charge >= 0.3 is 6.18 Å². The largest absolute Gasteiger partial charge is 0.439 e. The van der Waals surface area contributed by atoms with Gasteiger partial charge in [-0.05, 0) is 36.4 Å². The van der Waals surface area contributed by atoms with E-state index in [0.717, 1.165) is 24.3 Å². The minimum Gasteiger partial charge on any atom is -0.439 e. The van der Waals surface area contributed by atoms with Crippen molar-refractivity contribution in [2.75, 3.05) is 11.9 Å². The van der Waals surface area contributed by atoms with Crippen molar-refractivity contribution in [2.24, 2.45) is 0 Å². The summed E-state index contributed by atoms with van der Waals surface area (Å²) in [5.74, 6) is -1.17. The molecule has 3 aromatic rings. The van der Waals surface area contributed by atoms with Gasteiger partial charge in [-0.2, -0.15) is 18.2 Å². The van der Waals surface area contributed by atoms with Crippen molar-refractivity contribution in [1.29, 1.82) is 0 Å². The van der Waals surface area contributed by atoms with Crippen LogP contribution in [0.2, 0.25) is 0 Å². The van der Waals surface area contributed by atoms with Gasteiger partial charge < -0.3 is 9.64 Å². The molecule has 1 aromatic heterocycles. The summed E-state index contributed by atoms with van der Waals surface area (Å²) in [4.78, 5) is 9.36. The Morgan fingerprint density at radius 1 is 1.03 bits per heavy atom. The lowest BCUT2D eigenvalue weighted by Gasteiger charge is -2.18. The standard InChI is InChI=1S/C19H13F6N3O/c1-28(12-5-6-15(20)14(10-12)17(21)22)18-26-8-7-16(27-18)29-13-4-2-3-11(9-13)19(23,24)25/h2-10,17H,1H3. The summed E-state index contributed by atoms with van der Waals surface area (Å²) >= 11 is 0. The van der Waals surface area contributed by atoms with E-state index in [1.165, 1.54) is 42.4 Å². The Morgan fingerprint density at radius 2 is 1.79 bits per heavy atom. The molecule has 0 saturated heterocycles. The first kappa shape index (κ1) is 20.4. The molecule has 0 saturated carbocycles. The van der Waals surface area contributed by atoms with Crippen LogP contribution in [0.3, 0.4) is 0 Å². The minimum atomic E-state index is -4.53. The fraction of sp³-hybridized carbons (Fsp3) is 0.158. The number of nitrogens with zero attached hydrogens (tertiary/aromatic N) is 3. The van der Waals surface area contributed by atoms with Gasteiger partial charge in [-0.15, -0.1) is 0 Å². The van der Waals surface area contributed by atoms with E-state index in [0.29, 0.717) is 0 Å². The number of ether oxygens (including phenoxy) is 1. The first-order chi connectivity index (χ1) is 13.6. The Balaban J connectivity index is 1.86. The Morgan fingerprint density at radius 3 is 2.48 bits per heavy atom. The predicted molar refractivity (Wildman–Crippen MR) is 93.0 cm³/mol. The number of halogens is 6. The van der Waals surface area contributed by atoms with Crippen LogP contribution in [0.1, 0.15) is 17.6 Å². The van der Waals surface area contributed by atoms with Gasteiger partial charge in [0.15, 0.2) is 0 Å². The molecule has 3 rings (SSSR count). The zero-order valence-corrected chi connectivity index (χ0v) is 14.8. The summed E-state index contributed by atoms with van der Waals surface area (Å²) < 4.78 is 83.1. The van der Waals surface area contributed by atoms with Crippen LogP contribution >= 0.6 is 0 Å². The monoisotopic (exact) mass is 413 g/mol. The molecule has 0 unspecified atom stereocenters. The summed E-state index contributed by atoms with van der Waals surface area (Å²) in [6, 6.07) is 8.70. The SMILES string of the molecule is CN(c1ccc(F)c(C(F)F)c1)c1nccc(Oc2cccc(C(F)(F)F)c2)n1. The molecular weight excluding hydrogens is 400 g/mol. The second kappa shape index (κ2) is 7.98. The van der Waals surface area contributed by atoms with Crippen LogP contribution in [0, 0.1) is 5.82 Å². The van der Waals surface area contributed by atoms with E-state index in [1.54, 1.807) is 0 Å². The van der Waals surface area contributed by atoms with E-state index < -0.39 is 29.5 Å². The number of rotatable bonds is 5. The molecule has 0 atom stereocenters. The van der Waals surface area contributed by atoms with Gasteiger partial charge in [-0.25, -0.2) is 18.2 Å². The van der Waals surface area contributed by atoms with Crippen molar-refractivity contribution >= 4 is 11.6 Å². The van der Waals surface area contributed by atoms with Crippen LogP contribution in [0.25, 0.3) is 0 Å². The number of hydrogen-bond donors (Lipinski definition) is 0. The van der Waals surface area contributed by atoms with E-state index in [-0.39, 0.29) is 23.3 Å². The zero-order valence-electron chi connectivity index (χ0n) is 14.8. The molecule has 10 heteroatoms. The van der Waals surface area contributed by atoms with Crippen LogP contribution in [-0.2, 0) is 6.18 Å². The highest BCUT2D eigenvalue weighted by Gasteiger charge is 2.30. The molecule has 0 radical (unpaired) electrons. The number of benzene rings is 2.